The largest absolute Gasteiger partial charge is 0.476 e. The maximum absolute atomic E-state index is 11.8. The molecule has 1 aliphatic carbocycles. The van der Waals surface area contributed by atoms with Gasteiger partial charge in [-0.05, 0) is 12.8 Å². The molecule has 1 saturated carbocycles. The van der Waals surface area contributed by atoms with Gasteiger partial charge in [0.25, 0.3) is 0 Å². The van der Waals surface area contributed by atoms with E-state index in [1.54, 1.807) is 6.07 Å². The number of imidazole rings is 1. The van der Waals surface area contributed by atoms with Crippen molar-refractivity contribution in [3.05, 3.63) is 17.7 Å². The number of aromatic carboxylic acids is 1. The van der Waals surface area contributed by atoms with E-state index in [-0.39, 0.29) is 29.1 Å². The minimum atomic E-state index is -1.26. The van der Waals surface area contributed by atoms with E-state index < -0.39 is 5.97 Å². The van der Waals surface area contributed by atoms with Crippen LogP contribution in [-0.4, -0.2) is 26.4 Å². The molecular weight excluding hydrogens is 222 g/mol. The van der Waals surface area contributed by atoms with Crippen LogP contribution in [0.25, 0.3) is 0 Å². The molecule has 6 nitrogen and oxygen atoms in total. The standard InChI is InChI=1S/C11H11N3O3/c1-11(2-3-11)8(15)5-14-6-13-9(10(16)17)7(14)4-12/h6H,2-3,5H2,1H3,(H,16,17). The molecule has 1 aromatic heterocycles. The van der Waals surface area contributed by atoms with Crippen LogP contribution in [-0.2, 0) is 11.3 Å². The molecule has 6 heteroatoms. The number of carboxylic acids is 1. The lowest BCUT2D eigenvalue weighted by Gasteiger charge is -2.08. The smallest absolute Gasteiger partial charge is 0.357 e. The van der Waals surface area contributed by atoms with E-state index in [2.05, 4.69) is 4.98 Å². The highest BCUT2D eigenvalue weighted by molar-refractivity contribution is 5.89. The number of hydrogen-bond acceptors (Lipinski definition) is 4. The molecule has 2 rings (SSSR count). The van der Waals surface area contributed by atoms with Crippen LogP contribution in [0.1, 0.15) is 35.9 Å². The second-order valence-corrected chi connectivity index (χ2v) is 4.47. The third-order valence-electron chi connectivity index (χ3n) is 3.13. The van der Waals surface area contributed by atoms with Crippen molar-refractivity contribution in [1.82, 2.24) is 9.55 Å². The molecular formula is C11H11N3O3. The molecule has 1 aromatic rings. The van der Waals surface area contributed by atoms with E-state index in [4.69, 9.17) is 10.4 Å². The maximum atomic E-state index is 11.8. The van der Waals surface area contributed by atoms with Gasteiger partial charge in [0, 0.05) is 5.41 Å². The molecule has 0 amide bonds. The van der Waals surface area contributed by atoms with Gasteiger partial charge in [-0.15, -0.1) is 0 Å². The Bertz CT molecular complexity index is 535. The molecule has 0 aromatic carbocycles. The van der Waals surface area contributed by atoms with Crippen LogP contribution in [0, 0.1) is 16.7 Å². The average molecular weight is 233 g/mol. The number of aromatic nitrogens is 2. The maximum Gasteiger partial charge on any atom is 0.357 e. The third kappa shape index (κ3) is 1.91. The summed E-state index contributed by atoms with van der Waals surface area (Å²) in [6.07, 6.45) is 2.94. The van der Waals surface area contributed by atoms with Gasteiger partial charge in [0.2, 0.25) is 0 Å². The first-order valence-corrected chi connectivity index (χ1v) is 5.20. The summed E-state index contributed by atoms with van der Waals surface area (Å²) >= 11 is 0. The number of rotatable bonds is 4. The summed E-state index contributed by atoms with van der Waals surface area (Å²) in [5.74, 6) is -1.24. The predicted octanol–water partition coefficient (Wildman–Crippen LogP) is 0.822. The topological polar surface area (TPSA) is 96.0 Å². The van der Waals surface area contributed by atoms with Crippen molar-refractivity contribution in [1.29, 1.82) is 5.26 Å². The third-order valence-corrected chi connectivity index (χ3v) is 3.13. The Morgan fingerprint density at radius 3 is 2.76 bits per heavy atom. The number of carboxylic acid groups (broad SMARTS) is 1. The number of carbonyl (C=O) groups excluding carboxylic acids is 1. The van der Waals surface area contributed by atoms with E-state index in [1.165, 1.54) is 10.9 Å². The molecule has 1 heterocycles. The molecule has 0 radical (unpaired) electrons. The molecule has 0 atom stereocenters. The van der Waals surface area contributed by atoms with E-state index in [9.17, 15) is 9.59 Å². The molecule has 0 spiro atoms. The van der Waals surface area contributed by atoms with Crippen molar-refractivity contribution in [2.24, 2.45) is 5.41 Å². The Morgan fingerprint density at radius 2 is 2.29 bits per heavy atom. The van der Waals surface area contributed by atoms with Gasteiger partial charge in [-0.3, -0.25) is 4.79 Å². The second kappa shape index (κ2) is 3.70. The second-order valence-electron chi connectivity index (χ2n) is 4.47. The molecule has 17 heavy (non-hydrogen) atoms. The highest BCUT2D eigenvalue weighted by atomic mass is 16.4. The summed E-state index contributed by atoms with van der Waals surface area (Å²) in [5.41, 5.74) is -0.670. The Labute approximate surface area is 97.5 Å². The van der Waals surface area contributed by atoms with E-state index in [1.807, 2.05) is 6.92 Å². The van der Waals surface area contributed by atoms with Crippen molar-refractivity contribution in [2.45, 2.75) is 26.3 Å². The monoisotopic (exact) mass is 233 g/mol. The number of ketones is 1. The Morgan fingerprint density at radius 1 is 1.65 bits per heavy atom. The normalized spacial score (nSPS) is 16.2. The zero-order valence-corrected chi connectivity index (χ0v) is 9.30. The van der Waals surface area contributed by atoms with Crippen molar-refractivity contribution in [3.63, 3.8) is 0 Å². The molecule has 1 aliphatic rings. The van der Waals surface area contributed by atoms with E-state index in [0.29, 0.717) is 0 Å². The SMILES string of the molecule is CC1(C(=O)Cn2cnc(C(=O)O)c2C#N)CC1. The van der Waals surface area contributed by atoms with Crippen LogP contribution >= 0.6 is 0 Å². The fourth-order valence-corrected chi connectivity index (χ4v) is 1.59. The van der Waals surface area contributed by atoms with Crippen molar-refractivity contribution < 1.29 is 14.7 Å². The van der Waals surface area contributed by atoms with Crippen LogP contribution in [0.3, 0.4) is 0 Å². The lowest BCUT2D eigenvalue weighted by molar-refractivity contribution is -0.124. The quantitative estimate of drug-likeness (QED) is 0.830. The molecule has 0 unspecified atom stereocenters. The molecule has 1 fully saturated rings. The summed E-state index contributed by atoms with van der Waals surface area (Å²) in [5, 5.41) is 17.7. The van der Waals surface area contributed by atoms with Gasteiger partial charge >= 0.3 is 5.97 Å². The number of Topliss-reactive ketones (excluding diaryl/α,β-unsaturated/α-hetero) is 1. The highest BCUT2D eigenvalue weighted by Crippen LogP contribution is 2.46. The number of hydrogen-bond donors (Lipinski definition) is 1. The zero-order valence-electron chi connectivity index (χ0n) is 9.30. The first-order chi connectivity index (χ1) is 7.98. The highest BCUT2D eigenvalue weighted by Gasteiger charge is 2.44. The van der Waals surface area contributed by atoms with Crippen molar-refractivity contribution in [2.75, 3.05) is 0 Å². The first-order valence-electron chi connectivity index (χ1n) is 5.20. The first kappa shape index (κ1) is 11.3. The molecule has 1 N–H and O–H groups in total. The Balaban J connectivity index is 2.25. The van der Waals surface area contributed by atoms with E-state index >= 15 is 0 Å². The summed E-state index contributed by atoms with van der Waals surface area (Å²) in [4.78, 5) is 26.2. The van der Waals surface area contributed by atoms with Gasteiger partial charge in [-0.2, -0.15) is 5.26 Å². The van der Waals surface area contributed by atoms with Gasteiger partial charge < -0.3 is 9.67 Å². The van der Waals surface area contributed by atoms with Gasteiger partial charge in [-0.25, -0.2) is 9.78 Å². The Kier molecular flexibility index (Phi) is 2.46. The van der Waals surface area contributed by atoms with Gasteiger partial charge in [0.15, 0.2) is 17.2 Å². The molecule has 0 aliphatic heterocycles. The van der Waals surface area contributed by atoms with Crippen LogP contribution < -0.4 is 0 Å². The van der Waals surface area contributed by atoms with Crippen LogP contribution in [0.5, 0.6) is 0 Å². The summed E-state index contributed by atoms with van der Waals surface area (Å²) in [6.45, 7) is 1.89. The summed E-state index contributed by atoms with van der Waals surface area (Å²) in [6, 6.07) is 1.77. The van der Waals surface area contributed by atoms with Crippen LogP contribution in [0.2, 0.25) is 0 Å². The average Bonchev–Trinajstić information content (AvgIpc) is 2.90. The lowest BCUT2D eigenvalue weighted by atomic mass is 10.0. The Hall–Kier alpha value is -2.16. The van der Waals surface area contributed by atoms with Crippen molar-refractivity contribution >= 4 is 11.8 Å². The van der Waals surface area contributed by atoms with Crippen molar-refractivity contribution in [3.8, 4) is 6.07 Å². The fraction of sp³-hybridized carbons (Fsp3) is 0.455. The number of carbonyl (C=O) groups is 2. The van der Waals surface area contributed by atoms with E-state index in [0.717, 1.165) is 12.8 Å². The van der Waals surface area contributed by atoms with Gasteiger partial charge in [0.1, 0.15) is 6.07 Å². The minimum absolute atomic E-state index is 0.0136. The van der Waals surface area contributed by atoms with Gasteiger partial charge in [0.05, 0.1) is 12.9 Å². The van der Waals surface area contributed by atoms with Crippen LogP contribution in [0.15, 0.2) is 6.33 Å². The van der Waals surface area contributed by atoms with Crippen LogP contribution in [0.4, 0.5) is 0 Å². The molecule has 88 valence electrons. The summed E-state index contributed by atoms with van der Waals surface area (Å²) < 4.78 is 1.30. The minimum Gasteiger partial charge on any atom is -0.476 e. The summed E-state index contributed by atoms with van der Waals surface area (Å²) in [7, 11) is 0. The van der Waals surface area contributed by atoms with Gasteiger partial charge in [-0.1, -0.05) is 6.92 Å². The number of nitriles is 1. The number of nitrogens with zero attached hydrogens (tertiary/aromatic N) is 3. The molecule has 0 saturated heterocycles. The molecule has 0 bridgehead atoms. The fourth-order valence-electron chi connectivity index (χ4n) is 1.59. The predicted molar refractivity (Wildman–Crippen MR) is 56.2 cm³/mol. The lowest BCUT2D eigenvalue weighted by Crippen LogP contribution is -2.19. The zero-order chi connectivity index (χ0) is 12.6.